The molecule has 0 spiro atoms. The van der Waals surface area contributed by atoms with Crippen molar-refractivity contribution in [3.05, 3.63) is 24.0 Å². The van der Waals surface area contributed by atoms with Gasteiger partial charge < -0.3 is 18.8 Å². The van der Waals surface area contributed by atoms with Gasteiger partial charge in [-0.1, -0.05) is 6.07 Å². The molecule has 0 aromatic heterocycles. The summed E-state index contributed by atoms with van der Waals surface area (Å²) in [5, 5.41) is 0. The summed E-state index contributed by atoms with van der Waals surface area (Å²) < 4.78 is 37.5. The maximum absolute atomic E-state index is 14.5. The topological polar surface area (TPSA) is 36.9 Å². The molecule has 0 aliphatic carbocycles. The van der Waals surface area contributed by atoms with Crippen molar-refractivity contribution >= 4 is 12.6 Å². The molecule has 0 unspecified atom stereocenters. The number of hydrogen-bond donors (Lipinski definition) is 0. The van der Waals surface area contributed by atoms with Crippen LogP contribution in [0.25, 0.3) is 0 Å². The van der Waals surface area contributed by atoms with Crippen LogP contribution in [0.4, 0.5) is 4.39 Å². The van der Waals surface area contributed by atoms with Crippen molar-refractivity contribution in [2.24, 2.45) is 0 Å². The molecule has 3 rings (SSSR count). The average molecular weight is 322 g/mol. The van der Waals surface area contributed by atoms with Gasteiger partial charge in [-0.25, -0.2) is 4.39 Å². The van der Waals surface area contributed by atoms with Gasteiger partial charge >= 0.3 is 7.12 Å². The number of ether oxygens (including phenoxy) is 2. The minimum absolute atomic E-state index is 0.286. The summed E-state index contributed by atoms with van der Waals surface area (Å²) in [7, 11) is -0.708. The van der Waals surface area contributed by atoms with Crippen LogP contribution in [0.15, 0.2) is 18.2 Å². The molecule has 126 valence electrons. The first-order valence-electron chi connectivity index (χ1n) is 8.22. The normalized spacial score (nSPS) is 26.3. The fourth-order valence-electron chi connectivity index (χ4n) is 2.70. The SMILES string of the molecule is CC1(C)OB(c2ccc(O[C@@H]3CCCCO3)cc2F)OC1(C)C. The largest absolute Gasteiger partial charge is 0.497 e. The molecule has 1 aromatic carbocycles. The first-order chi connectivity index (χ1) is 10.8. The standard InChI is InChI=1S/C17H24BFO4/c1-16(2)17(3,4)23-18(22-16)13-9-8-12(11-14(13)19)21-15-7-5-6-10-20-15/h8-9,11,15H,5-7,10H2,1-4H3/t15-/m1/s1. The van der Waals surface area contributed by atoms with Crippen LogP contribution in [0.5, 0.6) is 5.75 Å². The third-order valence-electron chi connectivity index (χ3n) is 4.88. The Labute approximate surface area is 137 Å². The van der Waals surface area contributed by atoms with Crippen LogP contribution in [-0.2, 0) is 14.0 Å². The molecule has 6 heteroatoms. The van der Waals surface area contributed by atoms with Crippen molar-refractivity contribution < 1.29 is 23.2 Å². The molecule has 0 saturated carbocycles. The van der Waals surface area contributed by atoms with Crippen LogP contribution in [0.3, 0.4) is 0 Å². The van der Waals surface area contributed by atoms with E-state index in [1.807, 2.05) is 27.7 Å². The Balaban J connectivity index is 1.72. The monoisotopic (exact) mass is 322 g/mol. The highest BCUT2D eigenvalue weighted by atomic mass is 19.1. The van der Waals surface area contributed by atoms with Crippen molar-refractivity contribution in [3.8, 4) is 5.75 Å². The van der Waals surface area contributed by atoms with Gasteiger partial charge in [0, 0.05) is 17.9 Å². The van der Waals surface area contributed by atoms with E-state index in [4.69, 9.17) is 18.8 Å². The van der Waals surface area contributed by atoms with E-state index in [1.165, 1.54) is 6.07 Å². The first-order valence-corrected chi connectivity index (χ1v) is 8.22. The summed E-state index contributed by atoms with van der Waals surface area (Å²) in [6.45, 7) is 8.48. The molecule has 2 aliphatic rings. The predicted molar refractivity (Wildman–Crippen MR) is 86.3 cm³/mol. The maximum Gasteiger partial charge on any atom is 0.497 e. The van der Waals surface area contributed by atoms with Crippen molar-refractivity contribution in [3.63, 3.8) is 0 Å². The molecule has 0 amide bonds. The van der Waals surface area contributed by atoms with Gasteiger partial charge in [-0.15, -0.1) is 0 Å². The lowest BCUT2D eigenvalue weighted by molar-refractivity contribution is -0.106. The average Bonchev–Trinajstić information content (AvgIpc) is 2.68. The molecule has 0 N–H and O–H groups in total. The Morgan fingerprint density at radius 1 is 1.13 bits per heavy atom. The Morgan fingerprint density at radius 3 is 2.39 bits per heavy atom. The van der Waals surface area contributed by atoms with Crippen LogP contribution in [0, 0.1) is 5.82 Å². The predicted octanol–water partition coefficient (Wildman–Crippen LogP) is 3.03. The van der Waals surface area contributed by atoms with E-state index in [0.717, 1.165) is 19.3 Å². The van der Waals surface area contributed by atoms with Gasteiger partial charge in [-0.2, -0.15) is 0 Å². The zero-order chi connectivity index (χ0) is 16.7. The van der Waals surface area contributed by atoms with E-state index in [-0.39, 0.29) is 6.29 Å². The first kappa shape index (κ1) is 16.7. The summed E-state index contributed by atoms with van der Waals surface area (Å²) in [6.07, 6.45) is 2.67. The van der Waals surface area contributed by atoms with Gasteiger partial charge in [0.2, 0.25) is 0 Å². The number of hydrogen-bond acceptors (Lipinski definition) is 4. The van der Waals surface area contributed by atoms with E-state index < -0.39 is 24.1 Å². The van der Waals surface area contributed by atoms with Gasteiger partial charge in [0.05, 0.1) is 17.8 Å². The molecule has 1 aromatic rings. The molecule has 2 heterocycles. The summed E-state index contributed by atoms with van der Waals surface area (Å²) in [5.41, 5.74) is -0.592. The number of benzene rings is 1. The van der Waals surface area contributed by atoms with Crippen molar-refractivity contribution in [2.45, 2.75) is 64.4 Å². The molecular formula is C17H24BFO4. The van der Waals surface area contributed by atoms with Crippen LogP contribution in [-0.4, -0.2) is 31.2 Å². The van der Waals surface area contributed by atoms with Gasteiger partial charge in [0.15, 0.2) is 6.29 Å². The minimum Gasteiger partial charge on any atom is -0.465 e. The summed E-state index contributed by atoms with van der Waals surface area (Å²) >= 11 is 0. The molecule has 1 atom stereocenters. The Kier molecular flexibility index (Phi) is 4.42. The van der Waals surface area contributed by atoms with Gasteiger partial charge in [0.25, 0.3) is 0 Å². The maximum atomic E-state index is 14.5. The molecule has 2 fully saturated rings. The van der Waals surface area contributed by atoms with Crippen LogP contribution in [0.2, 0.25) is 0 Å². The van der Waals surface area contributed by atoms with Crippen LogP contribution >= 0.6 is 0 Å². The molecular weight excluding hydrogens is 298 g/mol. The minimum atomic E-state index is -0.708. The highest BCUT2D eigenvalue weighted by Gasteiger charge is 2.52. The molecule has 0 bridgehead atoms. The number of halogens is 1. The lowest BCUT2D eigenvalue weighted by Gasteiger charge is -2.32. The molecule has 2 aliphatic heterocycles. The zero-order valence-corrected chi connectivity index (χ0v) is 14.2. The summed E-state index contributed by atoms with van der Waals surface area (Å²) in [4.78, 5) is 0. The Morgan fingerprint density at radius 2 is 1.83 bits per heavy atom. The fraction of sp³-hybridized carbons (Fsp3) is 0.647. The smallest absolute Gasteiger partial charge is 0.465 e. The molecule has 0 radical (unpaired) electrons. The molecule has 4 nitrogen and oxygen atoms in total. The Hall–Kier alpha value is -1.11. The summed E-state index contributed by atoms with van der Waals surface area (Å²) in [5.74, 6) is 0.0754. The lowest BCUT2D eigenvalue weighted by Crippen LogP contribution is -2.41. The second kappa shape index (κ2) is 6.08. The van der Waals surface area contributed by atoms with Crippen LogP contribution in [0.1, 0.15) is 47.0 Å². The second-order valence-electron chi connectivity index (χ2n) is 7.19. The quantitative estimate of drug-likeness (QED) is 0.802. The van der Waals surface area contributed by atoms with Gasteiger partial charge in [-0.05, 0) is 46.6 Å². The third-order valence-corrected chi connectivity index (χ3v) is 4.88. The third kappa shape index (κ3) is 3.39. The highest BCUT2D eigenvalue weighted by Crippen LogP contribution is 2.36. The van der Waals surface area contributed by atoms with Crippen molar-refractivity contribution in [1.82, 2.24) is 0 Å². The lowest BCUT2D eigenvalue weighted by atomic mass is 9.78. The van der Waals surface area contributed by atoms with E-state index in [0.29, 0.717) is 17.8 Å². The zero-order valence-electron chi connectivity index (χ0n) is 14.2. The molecule has 2 saturated heterocycles. The van der Waals surface area contributed by atoms with E-state index in [9.17, 15) is 4.39 Å². The van der Waals surface area contributed by atoms with Crippen LogP contribution < -0.4 is 10.2 Å². The fourth-order valence-corrected chi connectivity index (χ4v) is 2.70. The van der Waals surface area contributed by atoms with Crippen molar-refractivity contribution in [2.75, 3.05) is 6.61 Å². The van der Waals surface area contributed by atoms with Gasteiger partial charge in [-0.3, -0.25) is 0 Å². The summed E-state index contributed by atoms with van der Waals surface area (Å²) in [6, 6.07) is 4.77. The second-order valence-corrected chi connectivity index (χ2v) is 7.19. The van der Waals surface area contributed by atoms with E-state index in [1.54, 1.807) is 12.1 Å². The Bertz CT molecular complexity index is 554. The van der Waals surface area contributed by atoms with E-state index >= 15 is 0 Å². The van der Waals surface area contributed by atoms with Crippen molar-refractivity contribution in [1.29, 1.82) is 0 Å². The van der Waals surface area contributed by atoms with E-state index in [2.05, 4.69) is 0 Å². The van der Waals surface area contributed by atoms with Gasteiger partial charge in [0.1, 0.15) is 11.6 Å². The number of rotatable bonds is 3. The highest BCUT2D eigenvalue weighted by molar-refractivity contribution is 6.62. The molecule has 23 heavy (non-hydrogen) atoms.